The van der Waals surface area contributed by atoms with Crippen LogP contribution < -0.4 is 11.1 Å². The van der Waals surface area contributed by atoms with Gasteiger partial charge in [0.25, 0.3) is 11.8 Å². The molecule has 1 aliphatic rings. The molecular weight excluding hydrogens is 346 g/mol. The van der Waals surface area contributed by atoms with Gasteiger partial charge in [-0.15, -0.1) is 11.3 Å². The first-order valence-electron chi connectivity index (χ1n) is 7.74. The molecule has 7 heteroatoms. The molecule has 1 fully saturated rings. The van der Waals surface area contributed by atoms with Crippen LogP contribution in [0.4, 0.5) is 5.69 Å². The third-order valence-corrected chi connectivity index (χ3v) is 5.15. The predicted octanol–water partition coefficient (Wildman–Crippen LogP) is 3.22. The molecule has 2 amide bonds. The van der Waals surface area contributed by atoms with Gasteiger partial charge < -0.3 is 16.0 Å². The Hall–Kier alpha value is -1.89. The average Bonchev–Trinajstić information content (AvgIpc) is 3.11. The molecule has 0 bridgehead atoms. The normalized spacial score (nSPS) is 17.6. The SMILES string of the molecule is NC1CCCN(C(=O)c2ccc(Cl)c(NC(=O)c3cccs3)c2)C1. The molecule has 1 aliphatic heterocycles. The molecule has 0 aliphatic carbocycles. The minimum Gasteiger partial charge on any atom is -0.337 e. The molecule has 2 heterocycles. The Morgan fingerprint density at radius 2 is 2.17 bits per heavy atom. The molecule has 0 spiro atoms. The number of carbonyl (C=O) groups excluding carboxylic acids is 2. The summed E-state index contributed by atoms with van der Waals surface area (Å²) in [4.78, 5) is 27.2. The molecule has 1 saturated heterocycles. The highest BCUT2D eigenvalue weighted by atomic mass is 35.5. The van der Waals surface area contributed by atoms with Gasteiger partial charge in [0.1, 0.15) is 0 Å². The van der Waals surface area contributed by atoms with Crippen molar-refractivity contribution in [3.8, 4) is 0 Å². The van der Waals surface area contributed by atoms with Crippen LogP contribution in [0.2, 0.25) is 5.02 Å². The summed E-state index contributed by atoms with van der Waals surface area (Å²) >= 11 is 7.50. The summed E-state index contributed by atoms with van der Waals surface area (Å²) in [5, 5.41) is 4.99. The number of benzene rings is 1. The lowest BCUT2D eigenvalue weighted by molar-refractivity contribution is 0.0708. The van der Waals surface area contributed by atoms with Gasteiger partial charge in [0.2, 0.25) is 0 Å². The molecule has 2 aromatic rings. The van der Waals surface area contributed by atoms with Crippen molar-refractivity contribution in [3.05, 3.63) is 51.2 Å². The zero-order valence-electron chi connectivity index (χ0n) is 13.0. The number of hydrogen-bond donors (Lipinski definition) is 2. The highest BCUT2D eigenvalue weighted by Crippen LogP contribution is 2.25. The minimum atomic E-state index is -0.239. The average molecular weight is 364 g/mol. The van der Waals surface area contributed by atoms with Crippen LogP contribution in [0.3, 0.4) is 0 Å². The van der Waals surface area contributed by atoms with Crippen molar-refractivity contribution >= 4 is 40.4 Å². The number of anilines is 1. The summed E-state index contributed by atoms with van der Waals surface area (Å²) in [6.45, 7) is 1.25. The van der Waals surface area contributed by atoms with Gasteiger partial charge in [-0.05, 0) is 42.5 Å². The van der Waals surface area contributed by atoms with Gasteiger partial charge in [0, 0.05) is 24.7 Å². The Balaban J connectivity index is 1.78. The number of hydrogen-bond acceptors (Lipinski definition) is 4. The maximum absolute atomic E-state index is 12.6. The lowest BCUT2D eigenvalue weighted by atomic mass is 10.1. The quantitative estimate of drug-likeness (QED) is 0.879. The largest absolute Gasteiger partial charge is 0.337 e. The van der Waals surface area contributed by atoms with Crippen molar-refractivity contribution in [1.29, 1.82) is 0 Å². The number of nitrogens with one attached hydrogen (secondary N) is 1. The number of nitrogens with two attached hydrogens (primary N) is 1. The Kier molecular flexibility index (Phi) is 5.18. The summed E-state index contributed by atoms with van der Waals surface area (Å²) in [6.07, 6.45) is 1.84. The van der Waals surface area contributed by atoms with Gasteiger partial charge in [-0.1, -0.05) is 17.7 Å². The first-order valence-corrected chi connectivity index (χ1v) is 8.99. The lowest BCUT2D eigenvalue weighted by Crippen LogP contribution is -2.45. The summed E-state index contributed by atoms with van der Waals surface area (Å²) in [6, 6.07) is 8.48. The van der Waals surface area contributed by atoms with E-state index in [-0.39, 0.29) is 17.9 Å². The van der Waals surface area contributed by atoms with E-state index in [4.69, 9.17) is 17.3 Å². The number of thiophene rings is 1. The number of nitrogens with zero attached hydrogens (tertiary/aromatic N) is 1. The summed E-state index contributed by atoms with van der Waals surface area (Å²) in [7, 11) is 0. The van der Waals surface area contributed by atoms with Crippen LogP contribution in [0.25, 0.3) is 0 Å². The number of halogens is 1. The third-order valence-electron chi connectivity index (χ3n) is 3.95. The van der Waals surface area contributed by atoms with Crippen LogP contribution >= 0.6 is 22.9 Å². The molecule has 3 N–H and O–H groups in total. The molecule has 1 unspecified atom stereocenters. The van der Waals surface area contributed by atoms with Gasteiger partial charge in [-0.3, -0.25) is 9.59 Å². The fourth-order valence-electron chi connectivity index (χ4n) is 2.72. The number of amides is 2. The Morgan fingerprint density at radius 3 is 2.88 bits per heavy atom. The maximum atomic E-state index is 12.6. The standard InChI is InChI=1S/C17H18ClN3O2S/c18-13-6-5-11(17(23)21-7-1-3-12(19)10-21)9-14(13)20-16(22)15-4-2-8-24-15/h2,4-6,8-9,12H,1,3,7,10,19H2,(H,20,22). The molecular formula is C17H18ClN3O2S. The topological polar surface area (TPSA) is 75.4 Å². The van der Waals surface area contributed by atoms with Crippen LogP contribution in [0.5, 0.6) is 0 Å². The molecule has 1 aromatic heterocycles. The smallest absolute Gasteiger partial charge is 0.265 e. The lowest BCUT2D eigenvalue weighted by Gasteiger charge is -2.31. The summed E-state index contributed by atoms with van der Waals surface area (Å²) in [5.41, 5.74) is 6.87. The summed E-state index contributed by atoms with van der Waals surface area (Å²) < 4.78 is 0. The Labute approximate surface area is 149 Å². The zero-order chi connectivity index (χ0) is 17.1. The maximum Gasteiger partial charge on any atom is 0.265 e. The Morgan fingerprint density at radius 1 is 1.33 bits per heavy atom. The second-order valence-corrected chi connectivity index (χ2v) is 7.13. The molecule has 1 atom stereocenters. The predicted molar refractivity (Wildman–Crippen MR) is 96.8 cm³/mol. The van der Waals surface area contributed by atoms with Crippen molar-refractivity contribution in [2.24, 2.45) is 5.73 Å². The van der Waals surface area contributed by atoms with Gasteiger partial charge in [-0.25, -0.2) is 0 Å². The molecule has 1 aromatic carbocycles. The highest BCUT2D eigenvalue weighted by Gasteiger charge is 2.23. The minimum absolute atomic E-state index is 0.0213. The monoisotopic (exact) mass is 363 g/mol. The van der Waals surface area contributed by atoms with Crippen LogP contribution in [0, 0.1) is 0 Å². The molecule has 0 radical (unpaired) electrons. The third kappa shape index (κ3) is 3.77. The van der Waals surface area contributed by atoms with E-state index in [2.05, 4.69) is 5.32 Å². The zero-order valence-corrected chi connectivity index (χ0v) is 14.6. The first kappa shape index (κ1) is 17.0. The van der Waals surface area contributed by atoms with E-state index in [9.17, 15) is 9.59 Å². The van der Waals surface area contributed by atoms with E-state index in [0.717, 1.165) is 12.8 Å². The van der Waals surface area contributed by atoms with Gasteiger partial charge in [0.15, 0.2) is 0 Å². The highest BCUT2D eigenvalue weighted by molar-refractivity contribution is 7.12. The number of piperidine rings is 1. The van der Waals surface area contributed by atoms with E-state index < -0.39 is 0 Å². The number of likely N-dealkylation sites (tertiary alicyclic amines) is 1. The van der Waals surface area contributed by atoms with E-state index in [1.54, 1.807) is 35.2 Å². The van der Waals surface area contributed by atoms with E-state index in [1.807, 2.05) is 5.38 Å². The second kappa shape index (κ2) is 7.34. The fraction of sp³-hybridized carbons (Fsp3) is 0.294. The van der Waals surface area contributed by atoms with Crippen molar-refractivity contribution < 1.29 is 9.59 Å². The van der Waals surface area contributed by atoms with Crippen LogP contribution in [0.15, 0.2) is 35.7 Å². The first-order chi connectivity index (χ1) is 11.5. The van der Waals surface area contributed by atoms with Crippen molar-refractivity contribution in [3.63, 3.8) is 0 Å². The summed E-state index contributed by atoms with van der Waals surface area (Å²) in [5.74, 6) is -0.329. The van der Waals surface area contributed by atoms with E-state index in [1.165, 1.54) is 11.3 Å². The molecule has 3 rings (SSSR count). The Bertz CT molecular complexity index is 748. The van der Waals surface area contributed by atoms with Crippen LogP contribution in [-0.4, -0.2) is 35.8 Å². The number of carbonyl (C=O) groups is 2. The molecule has 126 valence electrons. The second-order valence-electron chi connectivity index (χ2n) is 5.78. The van der Waals surface area contributed by atoms with Gasteiger partial charge in [-0.2, -0.15) is 0 Å². The number of rotatable bonds is 3. The van der Waals surface area contributed by atoms with Crippen molar-refractivity contribution in [2.75, 3.05) is 18.4 Å². The fourth-order valence-corrected chi connectivity index (χ4v) is 3.51. The van der Waals surface area contributed by atoms with Crippen LogP contribution in [-0.2, 0) is 0 Å². The van der Waals surface area contributed by atoms with Crippen LogP contribution in [0.1, 0.15) is 32.9 Å². The van der Waals surface area contributed by atoms with Gasteiger partial charge >= 0.3 is 0 Å². The molecule has 5 nitrogen and oxygen atoms in total. The van der Waals surface area contributed by atoms with Crippen molar-refractivity contribution in [2.45, 2.75) is 18.9 Å². The molecule has 0 saturated carbocycles. The van der Waals surface area contributed by atoms with E-state index >= 15 is 0 Å². The van der Waals surface area contributed by atoms with E-state index in [0.29, 0.717) is 34.2 Å². The van der Waals surface area contributed by atoms with Gasteiger partial charge in [0.05, 0.1) is 15.6 Å². The molecule has 24 heavy (non-hydrogen) atoms. The van der Waals surface area contributed by atoms with Crippen molar-refractivity contribution in [1.82, 2.24) is 4.90 Å².